The van der Waals surface area contributed by atoms with E-state index < -0.39 is 4.92 Å². The number of hydrogen-bond acceptors (Lipinski definition) is 6. The largest absolute Gasteiger partial charge is 0.433 e. The van der Waals surface area contributed by atoms with Gasteiger partial charge in [-0.2, -0.15) is 4.98 Å². The molecule has 0 aliphatic rings. The summed E-state index contributed by atoms with van der Waals surface area (Å²) in [5, 5.41) is 11.2. The van der Waals surface area contributed by atoms with E-state index in [0.29, 0.717) is 5.75 Å². The third-order valence-corrected chi connectivity index (χ3v) is 3.20. The number of hydrogen-bond donors (Lipinski definition) is 1. The van der Waals surface area contributed by atoms with Crippen molar-refractivity contribution in [3.05, 3.63) is 44.6 Å². The first-order valence-electron chi connectivity index (χ1n) is 6.33. The van der Waals surface area contributed by atoms with Gasteiger partial charge in [-0.1, -0.05) is 6.07 Å². The van der Waals surface area contributed by atoms with Gasteiger partial charge >= 0.3 is 11.6 Å². The third-order valence-electron chi connectivity index (χ3n) is 3.20. The van der Waals surface area contributed by atoms with E-state index in [2.05, 4.69) is 9.97 Å². The zero-order valence-corrected chi connectivity index (χ0v) is 12.3. The molecule has 0 amide bonds. The van der Waals surface area contributed by atoms with Gasteiger partial charge in [0, 0.05) is 0 Å². The van der Waals surface area contributed by atoms with Gasteiger partial charge in [-0.05, 0) is 50.5 Å². The van der Waals surface area contributed by atoms with Crippen LogP contribution in [0.15, 0.2) is 12.1 Å². The van der Waals surface area contributed by atoms with Crippen LogP contribution < -0.4 is 10.5 Å². The van der Waals surface area contributed by atoms with E-state index in [0.717, 1.165) is 16.7 Å². The fourth-order valence-electron chi connectivity index (χ4n) is 2.05. The number of rotatable bonds is 3. The summed E-state index contributed by atoms with van der Waals surface area (Å²) in [6.07, 6.45) is 0. The molecule has 110 valence electrons. The smallest absolute Gasteiger partial charge is 0.352 e. The topological polar surface area (TPSA) is 104 Å². The average molecular weight is 288 g/mol. The summed E-state index contributed by atoms with van der Waals surface area (Å²) in [7, 11) is 0. The van der Waals surface area contributed by atoms with Crippen LogP contribution >= 0.6 is 0 Å². The maximum atomic E-state index is 11.2. The molecule has 0 aliphatic carbocycles. The molecule has 0 unspecified atom stereocenters. The number of nitrogen functional groups attached to an aromatic ring is 1. The molecule has 1 aromatic carbocycles. The van der Waals surface area contributed by atoms with Crippen molar-refractivity contribution < 1.29 is 9.66 Å². The quantitative estimate of drug-likeness (QED) is 0.687. The van der Waals surface area contributed by atoms with Crippen molar-refractivity contribution >= 4 is 11.6 Å². The standard InChI is InChI=1S/C14H16N4O3/c1-7-5-8(2)9(3)11(6-7)21-13-12(18(19)20)10(4)16-14(15)17-13/h5-6H,1-4H3,(H2,15,16,17). The fourth-order valence-corrected chi connectivity index (χ4v) is 2.05. The van der Waals surface area contributed by atoms with Gasteiger partial charge in [0.2, 0.25) is 5.95 Å². The third kappa shape index (κ3) is 2.91. The van der Waals surface area contributed by atoms with Gasteiger partial charge in [-0.3, -0.25) is 10.1 Å². The maximum Gasteiger partial charge on any atom is 0.352 e. The molecule has 0 fully saturated rings. The first-order valence-corrected chi connectivity index (χ1v) is 6.33. The lowest BCUT2D eigenvalue weighted by atomic mass is 10.1. The van der Waals surface area contributed by atoms with Crippen molar-refractivity contribution in [2.75, 3.05) is 5.73 Å². The summed E-state index contributed by atoms with van der Waals surface area (Å²) >= 11 is 0. The molecule has 1 heterocycles. The Morgan fingerprint density at radius 1 is 1.19 bits per heavy atom. The first kappa shape index (κ1) is 14.7. The zero-order valence-electron chi connectivity index (χ0n) is 12.3. The molecule has 0 spiro atoms. The Bertz CT molecular complexity index is 729. The summed E-state index contributed by atoms with van der Waals surface area (Å²) in [5.74, 6) is 0.321. The van der Waals surface area contributed by atoms with E-state index in [-0.39, 0.29) is 23.2 Å². The van der Waals surface area contributed by atoms with Gasteiger partial charge in [0.05, 0.1) is 4.92 Å². The van der Waals surface area contributed by atoms with Gasteiger partial charge in [-0.25, -0.2) is 4.98 Å². The van der Waals surface area contributed by atoms with Crippen LogP contribution in [0, 0.1) is 37.8 Å². The van der Waals surface area contributed by atoms with Crippen LogP contribution in [-0.4, -0.2) is 14.9 Å². The molecular formula is C14H16N4O3. The highest BCUT2D eigenvalue weighted by Crippen LogP contribution is 2.34. The fraction of sp³-hybridized carbons (Fsp3) is 0.286. The summed E-state index contributed by atoms with van der Waals surface area (Å²) < 4.78 is 5.65. The van der Waals surface area contributed by atoms with Crippen LogP contribution in [0.4, 0.5) is 11.6 Å². The number of ether oxygens (including phenoxy) is 1. The highest BCUT2D eigenvalue weighted by atomic mass is 16.6. The summed E-state index contributed by atoms with van der Waals surface area (Å²) in [6, 6.07) is 3.82. The minimum atomic E-state index is -0.567. The second kappa shape index (κ2) is 5.35. The predicted molar refractivity (Wildman–Crippen MR) is 78.6 cm³/mol. The van der Waals surface area contributed by atoms with Crippen LogP contribution in [0.3, 0.4) is 0 Å². The summed E-state index contributed by atoms with van der Waals surface area (Å²) in [5.41, 5.74) is 8.37. The van der Waals surface area contributed by atoms with E-state index in [1.807, 2.05) is 26.8 Å². The van der Waals surface area contributed by atoms with Crippen LogP contribution in [0.2, 0.25) is 0 Å². The molecule has 2 rings (SSSR count). The van der Waals surface area contributed by atoms with Crippen molar-refractivity contribution in [1.82, 2.24) is 9.97 Å². The monoisotopic (exact) mass is 288 g/mol. The SMILES string of the molecule is Cc1cc(C)c(C)c(Oc2nc(N)nc(C)c2[N+](=O)[O-])c1. The van der Waals surface area contributed by atoms with E-state index in [1.54, 1.807) is 6.07 Å². The molecule has 0 saturated heterocycles. The predicted octanol–water partition coefficient (Wildman–Crippen LogP) is 2.99. The molecule has 7 heteroatoms. The number of nitrogens with zero attached hydrogens (tertiary/aromatic N) is 3. The normalized spacial score (nSPS) is 10.5. The van der Waals surface area contributed by atoms with Gasteiger partial charge < -0.3 is 10.5 Å². The lowest BCUT2D eigenvalue weighted by molar-refractivity contribution is -0.386. The zero-order chi connectivity index (χ0) is 15.7. The number of aryl methyl sites for hydroxylation is 3. The van der Waals surface area contributed by atoms with Gasteiger partial charge in [-0.15, -0.1) is 0 Å². The Morgan fingerprint density at radius 2 is 1.86 bits per heavy atom. The Labute approximate surface area is 121 Å². The Hall–Kier alpha value is -2.70. The Morgan fingerprint density at radius 3 is 2.48 bits per heavy atom. The van der Waals surface area contributed by atoms with Crippen molar-refractivity contribution in [3.8, 4) is 11.6 Å². The van der Waals surface area contributed by atoms with Crippen LogP contribution in [0.5, 0.6) is 11.6 Å². The van der Waals surface area contributed by atoms with Crippen molar-refractivity contribution in [2.24, 2.45) is 0 Å². The van der Waals surface area contributed by atoms with Crippen LogP contribution in [0.1, 0.15) is 22.4 Å². The average Bonchev–Trinajstić information content (AvgIpc) is 2.33. The first-order chi connectivity index (χ1) is 9.79. The molecule has 2 aromatic rings. The number of nitro groups is 1. The number of benzene rings is 1. The molecular weight excluding hydrogens is 272 g/mol. The van der Waals surface area contributed by atoms with Gasteiger partial charge in [0.25, 0.3) is 0 Å². The number of nitrogens with two attached hydrogens (primary N) is 1. The molecule has 2 N–H and O–H groups in total. The molecule has 0 atom stereocenters. The maximum absolute atomic E-state index is 11.2. The minimum Gasteiger partial charge on any atom is -0.433 e. The van der Waals surface area contributed by atoms with Crippen molar-refractivity contribution in [2.45, 2.75) is 27.7 Å². The summed E-state index contributed by atoms with van der Waals surface area (Å²) in [6.45, 7) is 7.25. The Kier molecular flexibility index (Phi) is 3.75. The van der Waals surface area contributed by atoms with E-state index in [1.165, 1.54) is 6.92 Å². The molecule has 0 saturated carbocycles. The van der Waals surface area contributed by atoms with E-state index >= 15 is 0 Å². The van der Waals surface area contributed by atoms with E-state index in [4.69, 9.17) is 10.5 Å². The lowest BCUT2D eigenvalue weighted by Crippen LogP contribution is -2.05. The van der Waals surface area contributed by atoms with Crippen LogP contribution in [-0.2, 0) is 0 Å². The summed E-state index contributed by atoms with van der Waals surface area (Å²) in [4.78, 5) is 18.3. The molecule has 0 bridgehead atoms. The molecule has 0 aliphatic heterocycles. The van der Waals surface area contributed by atoms with Crippen LogP contribution in [0.25, 0.3) is 0 Å². The van der Waals surface area contributed by atoms with Gasteiger partial charge in [0.1, 0.15) is 11.4 Å². The molecule has 0 radical (unpaired) electrons. The highest BCUT2D eigenvalue weighted by Gasteiger charge is 2.24. The second-order valence-corrected chi connectivity index (χ2v) is 4.89. The molecule has 1 aromatic heterocycles. The second-order valence-electron chi connectivity index (χ2n) is 4.89. The molecule has 21 heavy (non-hydrogen) atoms. The van der Waals surface area contributed by atoms with Crippen molar-refractivity contribution in [1.29, 1.82) is 0 Å². The molecule has 7 nitrogen and oxygen atoms in total. The highest BCUT2D eigenvalue weighted by molar-refractivity contribution is 5.51. The van der Waals surface area contributed by atoms with Crippen molar-refractivity contribution in [3.63, 3.8) is 0 Å². The Balaban J connectivity index is 2.57. The number of anilines is 1. The number of aromatic nitrogens is 2. The lowest BCUT2D eigenvalue weighted by Gasteiger charge is -2.12. The van der Waals surface area contributed by atoms with Gasteiger partial charge in [0.15, 0.2) is 0 Å². The minimum absolute atomic E-state index is 0.0601. The van der Waals surface area contributed by atoms with E-state index in [9.17, 15) is 10.1 Å².